The maximum absolute atomic E-state index is 12.2. The number of rotatable bonds is 8. The Morgan fingerprint density at radius 3 is 2.41 bits per heavy atom. The van der Waals surface area contributed by atoms with E-state index in [0.29, 0.717) is 11.3 Å². The summed E-state index contributed by atoms with van der Waals surface area (Å²) in [6.07, 6.45) is -1.21. The highest BCUT2D eigenvalue weighted by molar-refractivity contribution is 5.97. The molecule has 0 aliphatic heterocycles. The van der Waals surface area contributed by atoms with Gasteiger partial charge in [-0.15, -0.1) is 0 Å². The van der Waals surface area contributed by atoms with Crippen LogP contribution in [0, 0.1) is 10.1 Å². The lowest BCUT2D eigenvalue weighted by molar-refractivity contribution is -0.384. The van der Waals surface area contributed by atoms with E-state index in [1.807, 2.05) is 0 Å². The van der Waals surface area contributed by atoms with Crippen LogP contribution >= 0.6 is 0 Å². The number of hydrogen-bond donors (Lipinski definition) is 4. The number of non-ortho nitro benzene ring substituents is 1. The molecule has 0 unspecified atom stereocenters. The van der Waals surface area contributed by atoms with Crippen LogP contribution in [0.5, 0.6) is 5.75 Å². The van der Waals surface area contributed by atoms with E-state index in [0.717, 1.165) is 0 Å². The lowest BCUT2D eigenvalue weighted by Gasteiger charge is -2.19. The van der Waals surface area contributed by atoms with Gasteiger partial charge in [0.2, 0.25) is 0 Å². The number of aliphatic hydroxyl groups is 1. The highest BCUT2D eigenvalue weighted by atomic mass is 16.6. The SMILES string of the molecule is C.C[C@@H](O)[C@H](NC(=O)c1ccc(COc2cccc([N+](=O)[O-])c2)cc1)C(=O)NO. The predicted molar refractivity (Wildman–Crippen MR) is 103 cm³/mol. The normalized spacial score (nSPS) is 12.1. The van der Waals surface area contributed by atoms with Gasteiger partial charge in [-0.05, 0) is 30.7 Å². The Labute approximate surface area is 167 Å². The molecule has 0 spiro atoms. The van der Waals surface area contributed by atoms with Crippen LogP contribution in [0.2, 0.25) is 0 Å². The molecular weight excluding hydrogens is 382 g/mol. The number of nitro groups is 1. The van der Waals surface area contributed by atoms with Crippen LogP contribution in [0.3, 0.4) is 0 Å². The van der Waals surface area contributed by atoms with Crippen molar-refractivity contribution < 1.29 is 29.6 Å². The monoisotopic (exact) mass is 405 g/mol. The standard InChI is InChI=1S/C18H19N3O7.CH4/c1-11(22)16(18(24)20-25)19-17(23)13-7-5-12(6-8-13)10-28-15-4-2-3-14(9-15)21(26)27;/h2-9,11,16,22,25H,10H2,1H3,(H,19,23)(H,20,24);1H4/t11-,16+;/m1./s1. The Hall–Kier alpha value is -3.50. The third-order valence-electron chi connectivity index (χ3n) is 3.81. The van der Waals surface area contributed by atoms with Crippen molar-refractivity contribution in [3.63, 3.8) is 0 Å². The number of benzene rings is 2. The number of hydrogen-bond acceptors (Lipinski definition) is 7. The zero-order valence-electron chi connectivity index (χ0n) is 14.9. The van der Waals surface area contributed by atoms with Crippen LogP contribution in [0.1, 0.15) is 30.3 Å². The molecule has 0 saturated carbocycles. The van der Waals surface area contributed by atoms with Crippen molar-refractivity contribution in [2.24, 2.45) is 0 Å². The molecule has 2 rings (SSSR count). The van der Waals surface area contributed by atoms with Gasteiger partial charge in [-0.25, -0.2) is 5.48 Å². The van der Waals surface area contributed by atoms with Gasteiger partial charge >= 0.3 is 0 Å². The van der Waals surface area contributed by atoms with Crippen molar-refractivity contribution in [3.8, 4) is 5.75 Å². The summed E-state index contributed by atoms with van der Waals surface area (Å²) in [4.78, 5) is 33.9. The first-order valence-corrected chi connectivity index (χ1v) is 8.21. The Bertz CT molecular complexity index is 853. The molecular formula is C19H23N3O7. The molecule has 4 N–H and O–H groups in total. The minimum atomic E-state index is -1.31. The van der Waals surface area contributed by atoms with Gasteiger partial charge in [0.25, 0.3) is 17.5 Å². The average Bonchev–Trinajstić information content (AvgIpc) is 2.70. The van der Waals surface area contributed by atoms with Gasteiger partial charge in [-0.3, -0.25) is 24.9 Å². The lowest BCUT2D eigenvalue weighted by Crippen LogP contribution is -2.51. The molecule has 0 bridgehead atoms. The maximum Gasteiger partial charge on any atom is 0.273 e. The fraction of sp³-hybridized carbons (Fsp3) is 0.263. The molecule has 0 aliphatic carbocycles. The zero-order chi connectivity index (χ0) is 20.7. The van der Waals surface area contributed by atoms with Crippen molar-refractivity contribution >= 4 is 17.5 Å². The zero-order valence-corrected chi connectivity index (χ0v) is 14.9. The third-order valence-corrected chi connectivity index (χ3v) is 3.81. The number of nitrogens with one attached hydrogen (secondary N) is 2. The van der Waals surface area contributed by atoms with E-state index in [1.54, 1.807) is 18.2 Å². The van der Waals surface area contributed by atoms with Crippen LogP contribution in [0.4, 0.5) is 5.69 Å². The lowest BCUT2D eigenvalue weighted by atomic mass is 10.1. The number of carbonyl (C=O) groups excluding carboxylic acids is 2. The van der Waals surface area contributed by atoms with Crippen LogP contribution in [-0.2, 0) is 11.4 Å². The number of amides is 2. The summed E-state index contributed by atoms with van der Waals surface area (Å²) in [5.41, 5.74) is 2.25. The minimum absolute atomic E-state index is 0. The third kappa shape index (κ3) is 6.55. The molecule has 0 fully saturated rings. The van der Waals surface area contributed by atoms with Gasteiger partial charge in [-0.1, -0.05) is 25.6 Å². The number of ether oxygens (including phenoxy) is 1. The largest absolute Gasteiger partial charge is 0.489 e. The molecule has 10 nitrogen and oxygen atoms in total. The van der Waals surface area contributed by atoms with E-state index in [9.17, 15) is 24.8 Å². The second kappa shape index (κ2) is 10.7. The van der Waals surface area contributed by atoms with E-state index < -0.39 is 28.9 Å². The maximum atomic E-state index is 12.2. The van der Waals surface area contributed by atoms with Gasteiger partial charge in [-0.2, -0.15) is 0 Å². The van der Waals surface area contributed by atoms with Crippen molar-refractivity contribution in [2.45, 2.75) is 33.1 Å². The summed E-state index contributed by atoms with van der Waals surface area (Å²) in [6, 6.07) is 10.7. The van der Waals surface area contributed by atoms with Gasteiger partial charge in [0.05, 0.1) is 17.1 Å². The molecule has 0 aromatic heterocycles. The molecule has 0 heterocycles. The average molecular weight is 405 g/mol. The number of hydroxylamine groups is 1. The number of carbonyl (C=O) groups is 2. The first-order valence-electron chi connectivity index (χ1n) is 8.21. The highest BCUT2D eigenvalue weighted by Crippen LogP contribution is 2.20. The number of nitro benzene ring substituents is 1. The fourth-order valence-corrected chi connectivity index (χ4v) is 2.31. The number of aliphatic hydroxyl groups excluding tert-OH is 1. The van der Waals surface area contributed by atoms with E-state index in [4.69, 9.17) is 9.94 Å². The smallest absolute Gasteiger partial charge is 0.273 e. The quantitative estimate of drug-likeness (QED) is 0.297. The van der Waals surface area contributed by atoms with Crippen LogP contribution in [0.25, 0.3) is 0 Å². The fourth-order valence-electron chi connectivity index (χ4n) is 2.31. The predicted octanol–water partition coefficient (Wildman–Crippen LogP) is 1.79. The van der Waals surface area contributed by atoms with E-state index in [1.165, 1.54) is 42.7 Å². The molecule has 156 valence electrons. The molecule has 2 aromatic carbocycles. The van der Waals surface area contributed by atoms with Crippen LogP contribution < -0.4 is 15.5 Å². The van der Waals surface area contributed by atoms with Gasteiger partial charge in [0, 0.05) is 11.6 Å². The minimum Gasteiger partial charge on any atom is -0.489 e. The Kier molecular flexibility index (Phi) is 8.71. The molecule has 29 heavy (non-hydrogen) atoms. The highest BCUT2D eigenvalue weighted by Gasteiger charge is 2.25. The van der Waals surface area contributed by atoms with Crippen LogP contribution in [-0.4, -0.2) is 39.2 Å². The van der Waals surface area contributed by atoms with Gasteiger partial charge in [0.1, 0.15) is 18.4 Å². The topological polar surface area (TPSA) is 151 Å². The van der Waals surface area contributed by atoms with E-state index in [-0.39, 0.29) is 25.3 Å². The Balaban J connectivity index is 0.00000420. The van der Waals surface area contributed by atoms with Gasteiger partial charge in [0.15, 0.2) is 0 Å². The summed E-state index contributed by atoms with van der Waals surface area (Å²) in [5, 5.41) is 31.3. The second-order valence-corrected chi connectivity index (χ2v) is 5.91. The molecule has 0 aliphatic rings. The van der Waals surface area contributed by atoms with Crippen molar-refractivity contribution in [3.05, 3.63) is 69.8 Å². The van der Waals surface area contributed by atoms with Gasteiger partial charge < -0.3 is 15.2 Å². The summed E-state index contributed by atoms with van der Waals surface area (Å²) >= 11 is 0. The first kappa shape index (κ1) is 23.5. The number of nitrogens with zero attached hydrogens (tertiary/aromatic N) is 1. The van der Waals surface area contributed by atoms with Crippen LogP contribution in [0.15, 0.2) is 48.5 Å². The Morgan fingerprint density at radius 1 is 1.21 bits per heavy atom. The molecule has 10 heteroatoms. The molecule has 0 saturated heterocycles. The molecule has 2 amide bonds. The Morgan fingerprint density at radius 2 is 1.86 bits per heavy atom. The van der Waals surface area contributed by atoms with Crippen molar-refractivity contribution in [2.75, 3.05) is 0 Å². The van der Waals surface area contributed by atoms with E-state index >= 15 is 0 Å². The summed E-state index contributed by atoms with van der Waals surface area (Å²) in [6.45, 7) is 1.43. The summed E-state index contributed by atoms with van der Waals surface area (Å²) in [5.74, 6) is -1.21. The molecule has 2 atom stereocenters. The molecule has 0 radical (unpaired) electrons. The summed E-state index contributed by atoms with van der Waals surface area (Å²) in [7, 11) is 0. The second-order valence-electron chi connectivity index (χ2n) is 5.91. The van der Waals surface area contributed by atoms with Crippen molar-refractivity contribution in [1.82, 2.24) is 10.8 Å². The van der Waals surface area contributed by atoms with E-state index in [2.05, 4.69) is 5.32 Å². The molecule has 2 aromatic rings. The first-order chi connectivity index (χ1) is 13.3. The van der Waals surface area contributed by atoms with Crippen molar-refractivity contribution in [1.29, 1.82) is 0 Å². The summed E-state index contributed by atoms with van der Waals surface area (Å²) < 4.78 is 5.51.